The van der Waals surface area contributed by atoms with Crippen LogP contribution in [0.15, 0.2) is 103 Å². The number of halogens is 1. The van der Waals surface area contributed by atoms with Gasteiger partial charge in [0.15, 0.2) is 0 Å². The first-order valence-corrected chi connectivity index (χ1v) is 9.96. The normalized spacial score (nSPS) is 10.7. The number of aromatic nitrogens is 1. The highest BCUT2D eigenvalue weighted by molar-refractivity contribution is 5.94. The third kappa shape index (κ3) is 4.84. The first kappa shape index (κ1) is 19.6. The highest BCUT2D eigenvalue weighted by atomic mass is 19.1. The van der Waals surface area contributed by atoms with E-state index < -0.39 is 0 Å². The molecule has 4 aromatic rings. The van der Waals surface area contributed by atoms with Gasteiger partial charge in [-0.25, -0.2) is 4.39 Å². The summed E-state index contributed by atoms with van der Waals surface area (Å²) < 4.78 is 15.3. The summed E-state index contributed by atoms with van der Waals surface area (Å²) in [4.78, 5) is 15.1. The minimum Gasteiger partial charge on any atom is -0.345 e. The molecule has 1 heterocycles. The number of carbonyl (C=O) groups excluding carboxylic acids is 1. The molecule has 4 heteroatoms. The Morgan fingerprint density at radius 2 is 1.40 bits per heavy atom. The molecule has 1 amide bonds. The van der Waals surface area contributed by atoms with Crippen LogP contribution in [-0.4, -0.2) is 15.4 Å². The third-order valence-electron chi connectivity index (χ3n) is 5.07. The van der Waals surface area contributed by atoms with Gasteiger partial charge < -0.3 is 9.47 Å². The third-order valence-corrected chi connectivity index (χ3v) is 5.07. The maximum Gasteiger partial charge on any atom is 0.254 e. The van der Waals surface area contributed by atoms with E-state index in [4.69, 9.17) is 0 Å². The topological polar surface area (TPSA) is 25.2 Å². The van der Waals surface area contributed by atoms with Crippen LogP contribution in [-0.2, 0) is 19.6 Å². The summed E-state index contributed by atoms with van der Waals surface area (Å²) in [7, 11) is 0. The van der Waals surface area contributed by atoms with Crippen molar-refractivity contribution in [3.8, 4) is 0 Å². The molecule has 0 fully saturated rings. The van der Waals surface area contributed by atoms with Gasteiger partial charge in [-0.1, -0.05) is 60.7 Å². The summed E-state index contributed by atoms with van der Waals surface area (Å²) >= 11 is 0. The molecule has 30 heavy (non-hydrogen) atoms. The number of benzene rings is 3. The van der Waals surface area contributed by atoms with Gasteiger partial charge in [-0.3, -0.25) is 4.79 Å². The van der Waals surface area contributed by atoms with E-state index in [2.05, 4.69) is 4.57 Å². The molecule has 3 nitrogen and oxygen atoms in total. The first-order valence-electron chi connectivity index (χ1n) is 9.96. The zero-order valence-corrected chi connectivity index (χ0v) is 16.6. The van der Waals surface area contributed by atoms with Gasteiger partial charge in [0, 0.05) is 30.5 Å². The van der Waals surface area contributed by atoms with Gasteiger partial charge in [0.05, 0.1) is 6.54 Å². The van der Waals surface area contributed by atoms with E-state index in [-0.39, 0.29) is 11.7 Å². The lowest BCUT2D eigenvalue weighted by Crippen LogP contribution is -2.31. The van der Waals surface area contributed by atoms with Crippen molar-refractivity contribution in [2.75, 3.05) is 0 Å². The lowest BCUT2D eigenvalue weighted by Gasteiger charge is -2.24. The molecule has 0 atom stereocenters. The SMILES string of the molecule is O=C(c1ccccc1)N(Cc1ccccc1)Cc1cccn1Cc1ccc(F)cc1. The van der Waals surface area contributed by atoms with Crippen LogP contribution < -0.4 is 0 Å². The van der Waals surface area contributed by atoms with Crippen molar-refractivity contribution in [2.24, 2.45) is 0 Å². The Morgan fingerprint density at radius 3 is 2.10 bits per heavy atom. The van der Waals surface area contributed by atoms with Crippen molar-refractivity contribution in [1.82, 2.24) is 9.47 Å². The molecule has 0 aliphatic heterocycles. The lowest BCUT2D eigenvalue weighted by atomic mass is 10.1. The van der Waals surface area contributed by atoms with Crippen LogP contribution in [0.25, 0.3) is 0 Å². The van der Waals surface area contributed by atoms with Crippen molar-refractivity contribution >= 4 is 5.91 Å². The second-order valence-corrected chi connectivity index (χ2v) is 7.27. The summed E-state index contributed by atoms with van der Waals surface area (Å²) in [5.41, 5.74) is 3.79. The summed E-state index contributed by atoms with van der Waals surface area (Å²) in [6, 6.07) is 29.9. The van der Waals surface area contributed by atoms with Crippen molar-refractivity contribution in [2.45, 2.75) is 19.6 Å². The second-order valence-electron chi connectivity index (χ2n) is 7.27. The van der Waals surface area contributed by atoms with E-state index in [1.807, 2.05) is 83.9 Å². The van der Waals surface area contributed by atoms with Crippen LogP contribution in [0.5, 0.6) is 0 Å². The number of hydrogen-bond donors (Lipinski definition) is 0. The maximum atomic E-state index is 13.3. The second kappa shape index (κ2) is 9.23. The molecule has 3 aromatic carbocycles. The summed E-state index contributed by atoms with van der Waals surface area (Å²) in [5.74, 6) is -0.247. The van der Waals surface area contributed by atoms with Gasteiger partial charge in [-0.05, 0) is 47.5 Å². The largest absolute Gasteiger partial charge is 0.345 e. The Labute approximate surface area is 176 Å². The van der Waals surface area contributed by atoms with Gasteiger partial charge >= 0.3 is 0 Å². The minimum absolute atomic E-state index is 0.00557. The fraction of sp³-hybridized carbons (Fsp3) is 0.115. The van der Waals surface area contributed by atoms with E-state index in [0.29, 0.717) is 25.2 Å². The zero-order chi connectivity index (χ0) is 20.8. The van der Waals surface area contributed by atoms with Crippen molar-refractivity contribution in [1.29, 1.82) is 0 Å². The molecule has 0 radical (unpaired) electrons. The van der Waals surface area contributed by atoms with Gasteiger partial charge in [-0.2, -0.15) is 0 Å². The van der Waals surface area contributed by atoms with E-state index in [0.717, 1.165) is 16.8 Å². The Morgan fingerprint density at radius 1 is 0.733 bits per heavy atom. The van der Waals surface area contributed by atoms with Crippen LogP contribution in [0.2, 0.25) is 0 Å². The number of hydrogen-bond acceptors (Lipinski definition) is 1. The Kier molecular flexibility index (Phi) is 6.04. The molecule has 1 aromatic heterocycles. The summed E-state index contributed by atoms with van der Waals surface area (Å²) in [6.07, 6.45) is 1.99. The molecule has 0 N–H and O–H groups in total. The lowest BCUT2D eigenvalue weighted by molar-refractivity contribution is 0.0726. The summed E-state index contributed by atoms with van der Waals surface area (Å²) in [6.45, 7) is 1.63. The van der Waals surface area contributed by atoms with Crippen molar-refractivity contribution in [3.05, 3.63) is 131 Å². The van der Waals surface area contributed by atoms with Gasteiger partial charge in [0.1, 0.15) is 5.82 Å². The fourth-order valence-electron chi connectivity index (χ4n) is 3.50. The first-order chi connectivity index (χ1) is 14.7. The summed E-state index contributed by atoms with van der Waals surface area (Å²) in [5, 5.41) is 0. The quantitative estimate of drug-likeness (QED) is 0.402. The molecule has 0 saturated carbocycles. The minimum atomic E-state index is -0.242. The predicted octanol–water partition coefficient (Wildman–Crippen LogP) is 5.52. The van der Waals surface area contributed by atoms with Crippen LogP contribution >= 0.6 is 0 Å². The number of amides is 1. The molecule has 0 bridgehead atoms. The van der Waals surface area contributed by atoms with Crippen molar-refractivity contribution < 1.29 is 9.18 Å². The predicted molar refractivity (Wildman–Crippen MR) is 116 cm³/mol. The monoisotopic (exact) mass is 398 g/mol. The smallest absolute Gasteiger partial charge is 0.254 e. The van der Waals surface area contributed by atoms with Gasteiger partial charge in [-0.15, -0.1) is 0 Å². The Hall–Kier alpha value is -3.66. The molecule has 0 saturated heterocycles. The van der Waals surface area contributed by atoms with Crippen LogP contribution in [0.1, 0.15) is 27.2 Å². The van der Waals surface area contributed by atoms with Crippen LogP contribution in [0.4, 0.5) is 4.39 Å². The van der Waals surface area contributed by atoms with Gasteiger partial charge in [0.2, 0.25) is 0 Å². The molecular formula is C26H23FN2O. The Bertz CT molecular complexity index is 1090. The molecular weight excluding hydrogens is 375 g/mol. The zero-order valence-electron chi connectivity index (χ0n) is 16.6. The highest BCUT2D eigenvalue weighted by Crippen LogP contribution is 2.16. The number of nitrogens with zero attached hydrogens (tertiary/aromatic N) is 2. The molecule has 0 unspecified atom stereocenters. The van der Waals surface area contributed by atoms with E-state index >= 15 is 0 Å². The molecule has 0 aliphatic rings. The maximum absolute atomic E-state index is 13.3. The van der Waals surface area contributed by atoms with E-state index in [9.17, 15) is 9.18 Å². The standard InChI is InChI=1S/C26H23FN2O/c27-24-15-13-22(14-16-24)18-28-17-7-12-25(28)20-29(19-21-8-3-1-4-9-21)26(30)23-10-5-2-6-11-23/h1-17H,18-20H2. The van der Waals surface area contributed by atoms with Gasteiger partial charge in [0.25, 0.3) is 5.91 Å². The molecule has 0 aliphatic carbocycles. The van der Waals surface area contributed by atoms with E-state index in [1.165, 1.54) is 12.1 Å². The average molecular weight is 398 g/mol. The van der Waals surface area contributed by atoms with E-state index in [1.54, 1.807) is 12.1 Å². The Balaban J connectivity index is 1.58. The van der Waals surface area contributed by atoms with Crippen LogP contribution in [0.3, 0.4) is 0 Å². The highest BCUT2D eigenvalue weighted by Gasteiger charge is 2.18. The number of rotatable bonds is 7. The molecule has 0 spiro atoms. The fourth-order valence-corrected chi connectivity index (χ4v) is 3.50. The average Bonchev–Trinajstić information content (AvgIpc) is 3.22. The molecule has 150 valence electrons. The van der Waals surface area contributed by atoms with Crippen molar-refractivity contribution in [3.63, 3.8) is 0 Å². The number of carbonyl (C=O) groups is 1. The van der Waals surface area contributed by atoms with Crippen LogP contribution in [0, 0.1) is 5.82 Å². The molecule has 4 rings (SSSR count).